The monoisotopic (exact) mass is 401 g/mol. The smallest absolute Gasteiger partial charge is 0.338 e. The van der Waals surface area contributed by atoms with Gasteiger partial charge in [-0.05, 0) is 38.1 Å². The maximum atomic E-state index is 12.1. The Labute approximate surface area is 157 Å². The molecule has 0 aromatic heterocycles. The van der Waals surface area contributed by atoms with E-state index in [4.69, 9.17) is 21.6 Å². The van der Waals surface area contributed by atoms with Crippen molar-refractivity contribution in [3.05, 3.63) is 28.8 Å². The predicted molar refractivity (Wildman–Crippen MR) is 95.0 cm³/mol. The SMILES string of the molecule is CNS(=O)(=O)c1cc(C(=O)OCC(=O)N[C@](C)(C#N)C(C)C)ccc1Cl. The Morgan fingerprint density at radius 1 is 1.38 bits per heavy atom. The summed E-state index contributed by atoms with van der Waals surface area (Å²) in [4.78, 5) is 23.7. The molecule has 0 aliphatic carbocycles. The van der Waals surface area contributed by atoms with Crippen LogP contribution in [-0.4, -0.2) is 39.5 Å². The minimum absolute atomic E-state index is 0.0598. The normalized spacial score (nSPS) is 13.6. The summed E-state index contributed by atoms with van der Waals surface area (Å²) in [6.45, 7) is 4.49. The number of nitrogens with zero attached hydrogens (tertiary/aromatic N) is 1. The molecule has 2 N–H and O–H groups in total. The highest BCUT2D eigenvalue weighted by atomic mass is 35.5. The molecule has 0 bridgehead atoms. The van der Waals surface area contributed by atoms with Gasteiger partial charge in [-0.15, -0.1) is 0 Å². The number of rotatable bonds is 7. The molecule has 0 aliphatic rings. The molecular formula is C16H20ClN3O5S. The molecule has 142 valence electrons. The third-order valence-electron chi connectivity index (χ3n) is 3.85. The molecule has 0 aliphatic heterocycles. The molecule has 26 heavy (non-hydrogen) atoms. The first-order valence-corrected chi connectivity index (χ1v) is 9.45. The van der Waals surface area contributed by atoms with E-state index in [0.29, 0.717) is 0 Å². The van der Waals surface area contributed by atoms with Gasteiger partial charge in [-0.3, -0.25) is 4.79 Å². The molecule has 1 atom stereocenters. The summed E-state index contributed by atoms with van der Waals surface area (Å²) < 4.78 is 30.7. The number of sulfonamides is 1. The van der Waals surface area contributed by atoms with Gasteiger partial charge in [0, 0.05) is 0 Å². The van der Waals surface area contributed by atoms with E-state index in [1.165, 1.54) is 19.2 Å². The highest BCUT2D eigenvalue weighted by Gasteiger charge is 2.30. The zero-order valence-electron chi connectivity index (χ0n) is 14.8. The lowest BCUT2D eigenvalue weighted by atomic mass is 9.90. The Kier molecular flexibility index (Phi) is 7.15. The van der Waals surface area contributed by atoms with E-state index in [0.717, 1.165) is 6.07 Å². The number of ether oxygens (including phenoxy) is 1. The second-order valence-electron chi connectivity index (χ2n) is 5.95. The number of hydrogen-bond acceptors (Lipinski definition) is 6. The fraction of sp³-hybridized carbons (Fsp3) is 0.438. The zero-order valence-corrected chi connectivity index (χ0v) is 16.4. The van der Waals surface area contributed by atoms with Crippen LogP contribution in [0.15, 0.2) is 23.1 Å². The molecule has 1 amide bonds. The Balaban J connectivity index is 2.86. The first kappa shape index (κ1) is 21.9. The van der Waals surface area contributed by atoms with Crippen LogP contribution in [0.4, 0.5) is 0 Å². The van der Waals surface area contributed by atoms with Gasteiger partial charge in [0.15, 0.2) is 6.61 Å². The first-order chi connectivity index (χ1) is 12.0. The number of nitrogens with one attached hydrogen (secondary N) is 2. The molecule has 1 rings (SSSR count). The van der Waals surface area contributed by atoms with Crippen molar-refractivity contribution < 1.29 is 22.7 Å². The summed E-state index contributed by atoms with van der Waals surface area (Å²) in [7, 11) is -2.65. The molecule has 0 radical (unpaired) electrons. The van der Waals surface area contributed by atoms with E-state index < -0.39 is 34.0 Å². The molecule has 0 saturated carbocycles. The minimum atomic E-state index is -3.86. The van der Waals surface area contributed by atoms with Gasteiger partial charge in [-0.1, -0.05) is 25.4 Å². The number of carbonyl (C=O) groups excluding carboxylic acids is 2. The van der Waals surface area contributed by atoms with E-state index in [-0.39, 0.29) is 21.4 Å². The topological polar surface area (TPSA) is 125 Å². The molecule has 0 unspecified atom stereocenters. The van der Waals surface area contributed by atoms with Gasteiger partial charge in [-0.25, -0.2) is 17.9 Å². The lowest BCUT2D eigenvalue weighted by molar-refractivity contribution is -0.125. The van der Waals surface area contributed by atoms with Crippen molar-refractivity contribution in [1.82, 2.24) is 10.0 Å². The number of benzene rings is 1. The van der Waals surface area contributed by atoms with Crippen LogP contribution in [0, 0.1) is 17.2 Å². The Morgan fingerprint density at radius 3 is 2.50 bits per heavy atom. The Morgan fingerprint density at radius 2 is 2.00 bits per heavy atom. The van der Waals surface area contributed by atoms with Crippen molar-refractivity contribution in [1.29, 1.82) is 5.26 Å². The summed E-state index contributed by atoms with van der Waals surface area (Å²) in [5.74, 6) is -1.70. The van der Waals surface area contributed by atoms with Crippen LogP contribution in [0.2, 0.25) is 5.02 Å². The highest BCUT2D eigenvalue weighted by molar-refractivity contribution is 7.89. The molecule has 0 saturated heterocycles. The van der Waals surface area contributed by atoms with Gasteiger partial charge in [0.25, 0.3) is 5.91 Å². The fourth-order valence-electron chi connectivity index (χ4n) is 1.79. The van der Waals surface area contributed by atoms with E-state index in [1.54, 1.807) is 20.8 Å². The second kappa shape index (κ2) is 8.49. The van der Waals surface area contributed by atoms with Crippen LogP contribution in [0.25, 0.3) is 0 Å². The quantitative estimate of drug-likeness (QED) is 0.666. The van der Waals surface area contributed by atoms with Crippen LogP contribution < -0.4 is 10.0 Å². The van der Waals surface area contributed by atoms with Crippen LogP contribution >= 0.6 is 11.6 Å². The van der Waals surface area contributed by atoms with Crippen molar-refractivity contribution in [3.8, 4) is 6.07 Å². The third kappa shape index (κ3) is 5.17. The Bertz CT molecular complexity index is 848. The van der Waals surface area contributed by atoms with Gasteiger partial charge in [-0.2, -0.15) is 5.26 Å². The first-order valence-electron chi connectivity index (χ1n) is 7.59. The lowest BCUT2D eigenvalue weighted by Crippen LogP contribution is -2.50. The third-order valence-corrected chi connectivity index (χ3v) is 5.74. The maximum absolute atomic E-state index is 12.1. The molecule has 0 heterocycles. The van der Waals surface area contributed by atoms with E-state index in [1.807, 2.05) is 6.07 Å². The van der Waals surface area contributed by atoms with Gasteiger partial charge >= 0.3 is 5.97 Å². The van der Waals surface area contributed by atoms with Crippen molar-refractivity contribution in [2.75, 3.05) is 13.7 Å². The average molecular weight is 402 g/mol. The molecule has 0 spiro atoms. The lowest BCUT2D eigenvalue weighted by Gasteiger charge is -2.27. The zero-order chi connectivity index (χ0) is 20.1. The van der Waals surface area contributed by atoms with Crippen molar-refractivity contribution >= 4 is 33.5 Å². The highest BCUT2D eigenvalue weighted by Crippen LogP contribution is 2.23. The van der Waals surface area contributed by atoms with E-state index in [2.05, 4.69) is 10.0 Å². The fourth-order valence-corrected chi connectivity index (χ4v) is 3.04. The summed E-state index contributed by atoms with van der Waals surface area (Å²) in [5.41, 5.74) is -1.18. The van der Waals surface area contributed by atoms with Crippen LogP contribution in [0.1, 0.15) is 31.1 Å². The number of nitriles is 1. The number of carbonyl (C=O) groups is 2. The predicted octanol–water partition coefficient (Wildman–Crippen LogP) is 1.46. The molecule has 1 aromatic carbocycles. The van der Waals surface area contributed by atoms with Crippen LogP contribution in [-0.2, 0) is 19.6 Å². The summed E-state index contributed by atoms with van der Waals surface area (Å²) >= 11 is 5.84. The van der Waals surface area contributed by atoms with Crippen molar-refractivity contribution in [2.24, 2.45) is 5.92 Å². The van der Waals surface area contributed by atoms with Crippen LogP contribution in [0.3, 0.4) is 0 Å². The standard InChI is InChI=1S/C16H20ClN3O5S/c1-10(2)16(3,9-18)20-14(21)8-25-15(22)11-5-6-12(17)13(7-11)26(23,24)19-4/h5-7,10,19H,8H2,1-4H3,(H,20,21)/t16-/m1/s1. The summed E-state index contributed by atoms with van der Waals surface area (Å²) in [6, 6.07) is 5.59. The van der Waals surface area contributed by atoms with Gasteiger partial charge in [0.05, 0.1) is 16.7 Å². The Hall–Kier alpha value is -2.15. The average Bonchev–Trinajstić information content (AvgIpc) is 2.59. The molecule has 8 nitrogen and oxygen atoms in total. The van der Waals surface area contributed by atoms with Crippen molar-refractivity contribution in [2.45, 2.75) is 31.2 Å². The number of amides is 1. The summed E-state index contributed by atoms with van der Waals surface area (Å²) in [5, 5.41) is 11.6. The van der Waals surface area contributed by atoms with Gasteiger partial charge in [0.2, 0.25) is 10.0 Å². The number of esters is 1. The molecule has 10 heteroatoms. The van der Waals surface area contributed by atoms with E-state index in [9.17, 15) is 18.0 Å². The molecular weight excluding hydrogens is 382 g/mol. The molecule has 1 aromatic rings. The summed E-state index contributed by atoms with van der Waals surface area (Å²) in [6.07, 6.45) is 0. The second-order valence-corrected chi connectivity index (χ2v) is 8.21. The minimum Gasteiger partial charge on any atom is -0.452 e. The van der Waals surface area contributed by atoms with Gasteiger partial charge < -0.3 is 10.1 Å². The van der Waals surface area contributed by atoms with Crippen LogP contribution in [0.5, 0.6) is 0 Å². The largest absolute Gasteiger partial charge is 0.452 e. The maximum Gasteiger partial charge on any atom is 0.338 e. The van der Waals surface area contributed by atoms with Gasteiger partial charge in [0.1, 0.15) is 10.4 Å². The molecule has 0 fully saturated rings. The van der Waals surface area contributed by atoms with Crippen molar-refractivity contribution in [3.63, 3.8) is 0 Å². The number of halogens is 1. The number of hydrogen-bond donors (Lipinski definition) is 2. The van der Waals surface area contributed by atoms with E-state index >= 15 is 0 Å².